The maximum absolute atomic E-state index is 13.3. The lowest BCUT2D eigenvalue weighted by Crippen LogP contribution is -2.30. The summed E-state index contributed by atoms with van der Waals surface area (Å²) in [7, 11) is 2.99. The van der Waals surface area contributed by atoms with E-state index in [9.17, 15) is 14.7 Å². The molecule has 1 aliphatic heterocycles. The molecule has 1 amide bonds. The van der Waals surface area contributed by atoms with Crippen LogP contribution in [0.2, 0.25) is 0 Å². The van der Waals surface area contributed by atoms with E-state index in [1.807, 2.05) is 24.3 Å². The zero-order chi connectivity index (χ0) is 25.3. The Bertz CT molecular complexity index is 1290. The number of anilines is 1. The van der Waals surface area contributed by atoms with Crippen molar-refractivity contribution < 1.29 is 24.2 Å². The fourth-order valence-electron chi connectivity index (χ4n) is 4.18. The van der Waals surface area contributed by atoms with Crippen molar-refractivity contribution in [1.82, 2.24) is 4.98 Å². The van der Waals surface area contributed by atoms with Crippen LogP contribution in [0, 0.1) is 0 Å². The van der Waals surface area contributed by atoms with Gasteiger partial charge in [0.25, 0.3) is 11.7 Å². The van der Waals surface area contributed by atoms with Gasteiger partial charge in [-0.25, -0.2) is 0 Å². The van der Waals surface area contributed by atoms with E-state index in [0.29, 0.717) is 28.4 Å². The van der Waals surface area contributed by atoms with Crippen molar-refractivity contribution in [1.29, 1.82) is 0 Å². The molecule has 1 unspecified atom stereocenters. The third-order valence-corrected chi connectivity index (χ3v) is 6.08. The maximum atomic E-state index is 13.3. The smallest absolute Gasteiger partial charge is 0.300 e. The maximum Gasteiger partial charge on any atom is 0.300 e. The fraction of sp³-hybridized carbons (Fsp3) is 0.250. The second-order valence-electron chi connectivity index (χ2n) is 9.29. The molecule has 0 radical (unpaired) electrons. The van der Waals surface area contributed by atoms with Crippen LogP contribution in [0.5, 0.6) is 11.5 Å². The lowest BCUT2D eigenvalue weighted by Gasteiger charge is -2.26. The van der Waals surface area contributed by atoms with E-state index in [1.165, 1.54) is 19.1 Å². The molecule has 4 rings (SSSR count). The van der Waals surface area contributed by atoms with E-state index in [4.69, 9.17) is 9.47 Å². The third kappa shape index (κ3) is 4.37. The molecule has 0 bridgehead atoms. The van der Waals surface area contributed by atoms with E-state index in [1.54, 1.807) is 42.6 Å². The van der Waals surface area contributed by atoms with Crippen molar-refractivity contribution in [3.63, 3.8) is 0 Å². The highest BCUT2D eigenvalue weighted by Gasteiger charge is 2.47. The van der Waals surface area contributed by atoms with Gasteiger partial charge in [0.15, 0.2) is 11.5 Å². The number of Topliss-reactive ketones (excluding diaryl/α,β-unsaturated/α-hetero) is 1. The van der Waals surface area contributed by atoms with Gasteiger partial charge in [-0.05, 0) is 53.4 Å². The van der Waals surface area contributed by atoms with E-state index in [2.05, 4.69) is 25.8 Å². The average Bonchev–Trinajstić information content (AvgIpc) is 3.13. The van der Waals surface area contributed by atoms with Gasteiger partial charge in [-0.2, -0.15) is 0 Å². The van der Waals surface area contributed by atoms with Crippen LogP contribution in [0.15, 0.2) is 72.4 Å². The highest BCUT2D eigenvalue weighted by molar-refractivity contribution is 6.51. The number of carbonyl (C=O) groups excluding carboxylic acids is 2. The molecule has 0 aliphatic carbocycles. The number of benzene rings is 2. The second-order valence-corrected chi connectivity index (χ2v) is 9.29. The summed E-state index contributed by atoms with van der Waals surface area (Å²) in [6.07, 6.45) is 1.59. The minimum Gasteiger partial charge on any atom is -0.507 e. The van der Waals surface area contributed by atoms with Crippen LogP contribution >= 0.6 is 0 Å². The van der Waals surface area contributed by atoms with Gasteiger partial charge in [0.05, 0.1) is 25.5 Å². The number of amides is 1. The number of aliphatic hydroxyl groups is 1. The van der Waals surface area contributed by atoms with Gasteiger partial charge in [0, 0.05) is 17.4 Å². The zero-order valence-corrected chi connectivity index (χ0v) is 20.4. The summed E-state index contributed by atoms with van der Waals surface area (Å²) in [6, 6.07) is 16.7. The van der Waals surface area contributed by atoms with Gasteiger partial charge in [-0.15, -0.1) is 0 Å². The van der Waals surface area contributed by atoms with Crippen LogP contribution in [0.4, 0.5) is 5.69 Å². The number of hydrogen-bond donors (Lipinski definition) is 1. The minimum absolute atomic E-state index is 0.0409. The molecular formula is C28H28N2O5. The Kier molecular flexibility index (Phi) is 6.35. The van der Waals surface area contributed by atoms with E-state index >= 15 is 0 Å². The molecule has 0 spiro atoms. The summed E-state index contributed by atoms with van der Waals surface area (Å²) in [5, 5.41) is 11.3. The first-order valence-corrected chi connectivity index (χ1v) is 11.2. The highest BCUT2D eigenvalue weighted by atomic mass is 16.5. The molecule has 1 fully saturated rings. The quantitative estimate of drug-likeness (QED) is 0.319. The Morgan fingerprint density at radius 3 is 2.20 bits per heavy atom. The number of hydrogen-bond acceptors (Lipinski definition) is 6. The SMILES string of the molecule is COc1ccc(/C(O)=C2/C(=O)C(=O)N(c3ccc(C(C)(C)C)cc3)C2c2ccccn2)cc1OC. The van der Waals surface area contributed by atoms with Crippen LogP contribution in [0.25, 0.3) is 5.76 Å². The number of rotatable bonds is 5. The second kappa shape index (κ2) is 9.25. The molecule has 3 aromatic rings. The summed E-state index contributed by atoms with van der Waals surface area (Å²) < 4.78 is 10.6. The summed E-state index contributed by atoms with van der Waals surface area (Å²) in [4.78, 5) is 32.4. The predicted molar refractivity (Wildman–Crippen MR) is 134 cm³/mol. The van der Waals surface area contributed by atoms with Gasteiger partial charge in [-0.3, -0.25) is 19.5 Å². The summed E-state index contributed by atoms with van der Waals surface area (Å²) in [6.45, 7) is 6.31. The summed E-state index contributed by atoms with van der Waals surface area (Å²) in [5.41, 5.74) is 2.32. The first kappa shape index (κ1) is 24.0. The molecule has 1 atom stereocenters. The third-order valence-electron chi connectivity index (χ3n) is 6.08. The van der Waals surface area contributed by atoms with E-state index < -0.39 is 17.7 Å². The number of aliphatic hydroxyl groups excluding tert-OH is 1. The molecule has 1 aliphatic rings. The number of ether oxygens (including phenoxy) is 2. The number of methoxy groups -OCH3 is 2. The first-order chi connectivity index (χ1) is 16.7. The monoisotopic (exact) mass is 472 g/mol. The molecule has 1 saturated heterocycles. The number of nitrogens with zero attached hydrogens (tertiary/aromatic N) is 2. The van der Waals surface area contributed by atoms with Gasteiger partial charge < -0.3 is 14.6 Å². The minimum atomic E-state index is -0.898. The lowest BCUT2D eigenvalue weighted by atomic mass is 9.87. The Labute approximate surface area is 204 Å². The van der Waals surface area contributed by atoms with Crippen molar-refractivity contribution in [2.75, 3.05) is 19.1 Å². The summed E-state index contributed by atoms with van der Waals surface area (Å²) >= 11 is 0. The topological polar surface area (TPSA) is 89.0 Å². The standard InChI is InChI=1S/C28H28N2O5/c1-28(2,3)18-10-12-19(13-11-18)30-24(20-8-6-7-15-29-20)23(26(32)27(30)33)25(31)17-9-14-21(34-4)22(16-17)35-5/h6-16,24,31H,1-5H3/b25-23-. The Morgan fingerprint density at radius 1 is 0.943 bits per heavy atom. The normalized spacial score (nSPS) is 17.5. The van der Waals surface area contributed by atoms with Crippen LogP contribution in [0.3, 0.4) is 0 Å². The Hall–Kier alpha value is -4.13. The van der Waals surface area contributed by atoms with Crippen LogP contribution < -0.4 is 14.4 Å². The van der Waals surface area contributed by atoms with Crippen molar-refractivity contribution in [2.24, 2.45) is 0 Å². The van der Waals surface area contributed by atoms with Crippen molar-refractivity contribution in [3.05, 3.63) is 89.3 Å². The van der Waals surface area contributed by atoms with Gasteiger partial charge >= 0.3 is 0 Å². The van der Waals surface area contributed by atoms with Crippen LogP contribution in [-0.2, 0) is 15.0 Å². The van der Waals surface area contributed by atoms with Gasteiger partial charge in [0.2, 0.25) is 0 Å². The highest BCUT2D eigenvalue weighted by Crippen LogP contribution is 2.42. The molecule has 7 heteroatoms. The number of ketones is 1. The largest absolute Gasteiger partial charge is 0.507 e. The average molecular weight is 473 g/mol. The predicted octanol–water partition coefficient (Wildman–Crippen LogP) is 5.02. The van der Waals surface area contributed by atoms with Crippen molar-refractivity contribution in [2.45, 2.75) is 32.2 Å². The van der Waals surface area contributed by atoms with Crippen LogP contribution in [-0.4, -0.2) is 36.0 Å². The van der Waals surface area contributed by atoms with E-state index in [-0.39, 0.29) is 16.7 Å². The number of aromatic nitrogens is 1. The fourth-order valence-corrected chi connectivity index (χ4v) is 4.18. The van der Waals surface area contributed by atoms with Crippen molar-refractivity contribution >= 4 is 23.1 Å². The molecule has 1 aromatic heterocycles. The Balaban J connectivity index is 1.89. The van der Waals surface area contributed by atoms with Gasteiger partial charge in [-0.1, -0.05) is 39.0 Å². The molecule has 0 saturated carbocycles. The van der Waals surface area contributed by atoms with Crippen LogP contribution in [0.1, 0.15) is 43.6 Å². The molecule has 2 aromatic carbocycles. The molecule has 1 N–H and O–H groups in total. The Morgan fingerprint density at radius 2 is 1.63 bits per heavy atom. The van der Waals surface area contributed by atoms with Gasteiger partial charge in [0.1, 0.15) is 11.8 Å². The molecular weight excluding hydrogens is 444 g/mol. The van der Waals surface area contributed by atoms with Crippen molar-refractivity contribution in [3.8, 4) is 11.5 Å². The number of pyridine rings is 1. The van der Waals surface area contributed by atoms with E-state index in [0.717, 1.165) is 5.56 Å². The summed E-state index contributed by atoms with van der Waals surface area (Å²) in [5.74, 6) is -0.963. The molecule has 35 heavy (non-hydrogen) atoms. The lowest BCUT2D eigenvalue weighted by molar-refractivity contribution is -0.132. The molecule has 2 heterocycles. The number of carbonyl (C=O) groups is 2. The molecule has 7 nitrogen and oxygen atoms in total. The molecule has 180 valence electrons. The zero-order valence-electron chi connectivity index (χ0n) is 20.4. The first-order valence-electron chi connectivity index (χ1n) is 11.2.